The molecule has 0 saturated heterocycles. The smallest absolute Gasteiger partial charge is 0.310 e. The Balaban J connectivity index is 2.71. The van der Waals surface area contributed by atoms with Crippen LogP contribution >= 0.6 is 0 Å². The highest BCUT2D eigenvalue weighted by Crippen LogP contribution is 2.63. The zero-order chi connectivity index (χ0) is 16.2. The summed E-state index contributed by atoms with van der Waals surface area (Å²) >= 11 is 0. The average molecular weight is 288 g/mol. The van der Waals surface area contributed by atoms with E-state index in [4.69, 9.17) is 0 Å². The standard InChI is InChI=1S/C18H24O3/c1-10-7-11(2)15(12(3)8-10)18(6)14(13(4)19)9-17(18,5)16(20)21/h7-8,14H,9H2,1-6H3,(H,20,21). The molecule has 3 unspecified atom stereocenters. The molecule has 1 fully saturated rings. The number of rotatable bonds is 3. The number of aliphatic carboxylic acids is 1. The van der Waals surface area contributed by atoms with Gasteiger partial charge in [-0.2, -0.15) is 0 Å². The molecule has 3 nitrogen and oxygen atoms in total. The second-order valence-corrected chi connectivity index (χ2v) is 6.98. The lowest BCUT2D eigenvalue weighted by atomic mass is 9.41. The molecule has 3 heteroatoms. The number of benzene rings is 1. The third-order valence-electron chi connectivity index (χ3n) is 5.61. The van der Waals surface area contributed by atoms with E-state index in [-0.39, 0.29) is 11.7 Å². The molecular formula is C18H24O3. The average Bonchev–Trinajstić information content (AvgIpc) is 2.33. The number of ketones is 1. The Bertz CT molecular complexity index is 608. The van der Waals surface area contributed by atoms with Gasteiger partial charge in [-0.3, -0.25) is 9.59 Å². The van der Waals surface area contributed by atoms with Crippen LogP contribution in [0.3, 0.4) is 0 Å². The fourth-order valence-corrected chi connectivity index (χ4v) is 4.39. The topological polar surface area (TPSA) is 54.4 Å². The monoisotopic (exact) mass is 288 g/mol. The number of aryl methyl sites for hydroxylation is 3. The summed E-state index contributed by atoms with van der Waals surface area (Å²) in [4.78, 5) is 23.9. The Hall–Kier alpha value is -1.64. The van der Waals surface area contributed by atoms with E-state index in [0.29, 0.717) is 6.42 Å². The minimum absolute atomic E-state index is 0.0793. The molecule has 0 radical (unpaired) electrons. The molecule has 0 amide bonds. The van der Waals surface area contributed by atoms with E-state index in [2.05, 4.69) is 12.1 Å². The van der Waals surface area contributed by atoms with Crippen LogP contribution in [-0.4, -0.2) is 16.9 Å². The summed E-state index contributed by atoms with van der Waals surface area (Å²) in [6.45, 7) is 11.3. The van der Waals surface area contributed by atoms with Gasteiger partial charge in [-0.05, 0) is 57.7 Å². The zero-order valence-electron chi connectivity index (χ0n) is 13.7. The van der Waals surface area contributed by atoms with Crippen molar-refractivity contribution in [2.45, 2.75) is 53.4 Å². The highest BCUT2D eigenvalue weighted by Gasteiger charge is 2.66. The van der Waals surface area contributed by atoms with Crippen molar-refractivity contribution in [3.8, 4) is 0 Å². The molecule has 2 rings (SSSR count). The lowest BCUT2D eigenvalue weighted by Gasteiger charge is -2.59. The SMILES string of the molecule is CC(=O)C1CC(C)(C(=O)O)C1(C)c1c(C)cc(C)cc1C. The van der Waals surface area contributed by atoms with Gasteiger partial charge in [0.2, 0.25) is 0 Å². The van der Waals surface area contributed by atoms with Crippen molar-refractivity contribution in [3.05, 3.63) is 34.4 Å². The number of carbonyl (C=O) groups is 2. The number of carboxylic acids is 1. The van der Waals surface area contributed by atoms with E-state index < -0.39 is 16.8 Å². The van der Waals surface area contributed by atoms with E-state index in [9.17, 15) is 14.7 Å². The second kappa shape index (κ2) is 4.69. The molecule has 1 aliphatic rings. The zero-order valence-corrected chi connectivity index (χ0v) is 13.7. The van der Waals surface area contributed by atoms with E-state index in [1.165, 1.54) is 0 Å². The normalized spacial score (nSPS) is 31.6. The summed E-state index contributed by atoms with van der Waals surface area (Å²) in [7, 11) is 0. The first kappa shape index (κ1) is 15.7. The number of Topliss-reactive ketones (excluding diaryl/α,β-unsaturated/α-hetero) is 1. The molecule has 0 aliphatic heterocycles. The molecule has 3 atom stereocenters. The van der Waals surface area contributed by atoms with Gasteiger partial charge in [0.05, 0.1) is 5.41 Å². The highest BCUT2D eigenvalue weighted by molar-refractivity contribution is 5.89. The Morgan fingerprint density at radius 1 is 1.14 bits per heavy atom. The van der Waals surface area contributed by atoms with Crippen molar-refractivity contribution in [1.29, 1.82) is 0 Å². The van der Waals surface area contributed by atoms with E-state index in [1.54, 1.807) is 13.8 Å². The molecule has 0 aromatic heterocycles. The van der Waals surface area contributed by atoms with E-state index in [1.807, 2.05) is 27.7 Å². The predicted molar refractivity (Wildman–Crippen MR) is 82.5 cm³/mol. The fourth-order valence-electron chi connectivity index (χ4n) is 4.39. The summed E-state index contributed by atoms with van der Waals surface area (Å²) in [5.74, 6) is -0.962. The van der Waals surface area contributed by atoms with Gasteiger partial charge >= 0.3 is 5.97 Å². The molecule has 1 N–H and O–H groups in total. The Morgan fingerprint density at radius 3 is 2.00 bits per heavy atom. The molecule has 21 heavy (non-hydrogen) atoms. The first-order valence-electron chi connectivity index (χ1n) is 7.38. The van der Waals surface area contributed by atoms with Gasteiger partial charge in [-0.15, -0.1) is 0 Å². The summed E-state index contributed by atoms with van der Waals surface area (Å²) in [6.07, 6.45) is 0.418. The number of carboxylic acid groups (broad SMARTS) is 1. The van der Waals surface area contributed by atoms with Crippen molar-refractivity contribution in [2.75, 3.05) is 0 Å². The summed E-state index contributed by atoms with van der Waals surface area (Å²) < 4.78 is 0. The lowest BCUT2D eigenvalue weighted by Crippen LogP contribution is -2.64. The largest absolute Gasteiger partial charge is 0.481 e. The van der Waals surface area contributed by atoms with Gasteiger partial charge in [0.25, 0.3) is 0 Å². The van der Waals surface area contributed by atoms with Crippen LogP contribution in [0.2, 0.25) is 0 Å². The Kier molecular flexibility index (Phi) is 3.51. The molecule has 1 aliphatic carbocycles. The molecular weight excluding hydrogens is 264 g/mol. The van der Waals surface area contributed by atoms with Gasteiger partial charge in [-0.25, -0.2) is 0 Å². The molecule has 0 bridgehead atoms. The fraction of sp³-hybridized carbons (Fsp3) is 0.556. The molecule has 1 aromatic carbocycles. The van der Waals surface area contributed by atoms with Crippen molar-refractivity contribution in [3.63, 3.8) is 0 Å². The van der Waals surface area contributed by atoms with Crippen molar-refractivity contribution in [1.82, 2.24) is 0 Å². The van der Waals surface area contributed by atoms with Gasteiger partial charge in [0, 0.05) is 11.3 Å². The van der Waals surface area contributed by atoms with Crippen molar-refractivity contribution in [2.24, 2.45) is 11.3 Å². The lowest BCUT2D eigenvalue weighted by molar-refractivity contribution is -0.172. The number of hydrogen-bond acceptors (Lipinski definition) is 2. The van der Waals surface area contributed by atoms with Crippen LogP contribution in [0.4, 0.5) is 0 Å². The summed E-state index contributed by atoms with van der Waals surface area (Å²) in [6, 6.07) is 4.15. The molecule has 1 aromatic rings. The minimum Gasteiger partial charge on any atom is -0.481 e. The van der Waals surface area contributed by atoms with Crippen LogP contribution in [-0.2, 0) is 15.0 Å². The Labute approximate surface area is 126 Å². The first-order valence-corrected chi connectivity index (χ1v) is 7.38. The van der Waals surface area contributed by atoms with Crippen LogP contribution in [0.25, 0.3) is 0 Å². The van der Waals surface area contributed by atoms with Crippen molar-refractivity contribution < 1.29 is 14.7 Å². The third kappa shape index (κ3) is 1.94. The van der Waals surface area contributed by atoms with Gasteiger partial charge in [0.15, 0.2) is 0 Å². The summed E-state index contributed by atoms with van der Waals surface area (Å²) in [5, 5.41) is 9.71. The Morgan fingerprint density at radius 2 is 1.62 bits per heavy atom. The van der Waals surface area contributed by atoms with Crippen LogP contribution in [0.5, 0.6) is 0 Å². The second-order valence-electron chi connectivity index (χ2n) is 6.98. The maximum Gasteiger partial charge on any atom is 0.310 e. The van der Waals surface area contributed by atoms with Crippen molar-refractivity contribution >= 4 is 11.8 Å². The molecule has 0 heterocycles. The predicted octanol–water partition coefficient (Wildman–Crippen LogP) is 3.57. The molecule has 1 saturated carbocycles. The van der Waals surface area contributed by atoms with Crippen LogP contribution in [0, 0.1) is 32.1 Å². The van der Waals surface area contributed by atoms with E-state index in [0.717, 1.165) is 22.3 Å². The van der Waals surface area contributed by atoms with Gasteiger partial charge in [-0.1, -0.05) is 24.6 Å². The minimum atomic E-state index is -0.895. The van der Waals surface area contributed by atoms with Gasteiger partial charge in [0.1, 0.15) is 5.78 Å². The van der Waals surface area contributed by atoms with Crippen LogP contribution in [0.15, 0.2) is 12.1 Å². The summed E-state index contributed by atoms with van der Waals surface area (Å²) in [5.41, 5.74) is 2.81. The maximum absolute atomic E-state index is 12.0. The van der Waals surface area contributed by atoms with E-state index >= 15 is 0 Å². The highest BCUT2D eigenvalue weighted by atomic mass is 16.4. The molecule has 0 spiro atoms. The van der Waals surface area contributed by atoms with Gasteiger partial charge < -0.3 is 5.11 Å². The maximum atomic E-state index is 12.0. The number of hydrogen-bond donors (Lipinski definition) is 1. The third-order valence-corrected chi connectivity index (χ3v) is 5.61. The van der Waals surface area contributed by atoms with Crippen LogP contribution < -0.4 is 0 Å². The quantitative estimate of drug-likeness (QED) is 0.925. The number of carbonyl (C=O) groups excluding carboxylic acids is 1. The first-order chi connectivity index (χ1) is 9.55. The van der Waals surface area contributed by atoms with Crippen LogP contribution in [0.1, 0.15) is 49.4 Å². The molecule has 114 valence electrons.